The Labute approximate surface area is 226 Å². The number of esters is 3. The fourth-order valence-electron chi connectivity index (χ4n) is 3.74. The quantitative estimate of drug-likeness (QED) is 0.103. The van der Waals surface area contributed by atoms with Gasteiger partial charge in [-0.05, 0) is 84.8 Å². The van der Waals surface area contributed by atoms with Crippen molar-refractivity contribution in [1.29, 1.82) is 0 Å². The number of hydrogen-bond donors (Lipinski definition) is 0. The molecule has 0 unspecified atom stereocenters. The molecule has 0 atom stereocenters. The van der Waals surface area contributed by atoms with Crippen LogP contribution in [0.15, 0.2) is 91.5 Å². The lowest BCUT2D eigenvalue weighted by Gasteiger charge is -2.11. The predicted octanol–water partition coefficient (Wildman–Crippen LogP) is 6.39. The lowest BCUT2D eigenvalue weighted by Crippen LogP contribution is -2.11. The summed E-state index contributed by atoms with van der Waals surface area (Å²) in [5, 5.41) is 1.75. The van der Waals surface area contributed by atoms with Crippen molar-refractivity contribution < 1.29 is 33.3 Å². The monoisotopic (exact) mass is 524 g/mol. The van der Waals surface area contributed by atoms with Crippen molar-refractivity contribution in [2.45, 2.75) is 20.3 Å². The van der Waals surface area contributed by atoms with Crippen molar-refractivity contribution >= 4 is 28.7 Å². The first kappa shape index (κ1) is 27.1. The first-order chi connectivity index (χ1) is 18.8. The summed E-state index contributed by atoms with van der Waals surface area (Å²) < 4.78 is 21.7. The summed E-state index contributed by atoms with van der Waals surface area (Å²) in [5.41, 5.74) is 2.44. The molecule has 0 aromatic heterocycles. The zero-order valence-electron chi connectivity index (χ0n) is 21.8. The Morgan fingerprint density at radius 2 is 1.36 bits per heavy atom. The summed E-state index contributed by atoms with van der Waals surface area (Å²) in [6, 6.07) is 22.8. The van der Waals surface area contributed by atoms with Crippen LogP contribution in [0, 0.1) is 13.8 Å². The fraction of sp³-hybridized carbons (Fsp3) is 0.156. The van der Waals surface area contributed by atoms with Crippen LogP contribution in [0.5, 0.6) is 17.2 Å². The zero-order chi connectivity index (χ0) is 27.8. The molecule has 7 heteroatoms. The molecule has 0 aliphatic rings. The molecule has 0 amide bonds. The van der Waals surface area contributed by atoms with Crippen LogP contribution < -0.4 is 14.2 Å². The molecular weight excluding hydrogens is 496 g/mol. The highest BCUT2D eigenvalue weighted by Gasteiger charge is 2.15. The van der Waals surface area contributed by atoms with E-state index in [9.17, 15) is 14.4 Å². The van der Waals surface area contributed by atoms with Crippen LogP contribution in [0.25, 0.3) is 10.8 Å². The highest BCUT2D eigenvalue weighted by atomic mass is 16.5. The molecule has 7 nitrogen and oxygen atoms in total. The summed E-state index contributed by atoms with van der Waals surface area (Å²) in [6.07, 6.45) is 1.67. The van der Waals surface area contributed by atoms with Gasteiger partial charge in [-0.1, -0.05) is 36.4 Å². The van der Waals surface area contributed by atoms with E-state index in [1.54, 1.807) is 49.4 Å². The van der Waals surface area contributed by atoms with Gasteiger partial charge < -0.3 is 18.9 Å². The molecule has 0 saturated carbocycles. The van der Waals surface area contributed by atoms with Crippen molar-refractivity contribution in [2.75, 3.05) is 13.2 Å². The molecule has 0 aliphatic carbocycles. The number of carbonyl (C=O) groups is 3. The SMILES string of the molecule is C=CC(=O)OCCCOc1ccc2cc(C(=O)Oc3ccc(C(=O)Oc4ccc(C)cc4)cc3C)ccc2c1. The third kappa shape index (κ3) is 7.32. The minimum Gasteiger partial charge on any atom is -0.493 e. The molecular formula is C32H28O7. The maximum atomic E-state index is 12.9. The molecule has 0 radical (unpaired) electrons. The van der Waals surface area contributed by atoms with E-state index in [1.165, 1.54) is 0 Å². The third-order valence-electron chi connectivity index (χ3n) is 5.86. The molecule has 4 aromatic rings. The molecule has 0 fully saturated rings. The summed E-state index contributed by atoms with van der Waals surface area (Å²) in [6.45, 7) is 7.71. The smallest absolute Gasteiger partial charge is 0.343 e. The van der Waals surface area contributed by atoms with E-state index >= 15 is 0 Å². The highest BCUT2D eigenvalue weighted by molar-refractivity contribution is 5.97. The summed E-state index contributed by atoms with van der Waals surface area (Å²) in [5.74, 6) is 0.0262. The largest absolute Gasteiger partial charge is 0.493 e. The number of rotatable bonds is 10. The molecule has 0 bridgehead atoms. The molecule has 0 N–H and O–H groups in total. The fourth-order valence-corrected chi connectivity index (χ4v) is 3.74. The Morgan fingerprint density at radius 1 is 0.718 bits per heavy atom. The van der Waals surface area contributed by atoms with Gasteiger partial charge in [0.1, 0.15) is 17.2 Å². The van der Waals surface area contributed by atoms with Crippen molar-refractivity contribution in [2.24, 2.45) is 0 Å². The lowest BCUT2D eigenvalue weighted by atomic mass is 10.1. The Bertz CT molecular complexity index is 1520. The zero-order valence-corrected chi connectivity index (χ0v) is 21.8. The molecule has 39 heavy (non-hydrogen) atoms. The Kier molecular flexibility index (Phi) is 8.74. The van der Waals surface area contributed by atoms with Gasteiger partial charge in [0.25, 0.3) is 0 Å². The molecule has 0 aliphatic heterocycles. The van der Waals surface area contributed by atoms with Crippen molar-refractivity contribution in [3.63, 3.8) is 0 Å². The van der Waals surface area contributed by atoms with Crippen LogP contribution in [-0.2, 0) is 9.53 Å². The number of carbonyl (C=O) groups excluding carboxylic acids is 3. The average molecular weight is 525 g/mol. The van der Waals surface area contributed by atoms with Gasteiger partial charge in [0.2, 0.25) is 0 Å². The topological polar surface area (TPSA) is 88.1 Å². The Balaban J connectivity index is 1.36. The maximum absolute atomic E-state index is 12.9. The second kappa shape index (κ2) is 12.6. The Hall–Kier alpha value is -4.91. The number of ether oxygens (including phenoxy) is 4. The summed E-state index contributed by atoms with van der Waals surface area (Å²) in [4.78, 5) is 36.4. The third-order valence-corrected chi connectivity index (χ3v) is 5.86. The minimum atomic E-state index is -0.510. The van der Waals surface area contributed by atoms with E-state index in [-0.39, 0.29) is 6.61 Å². The highest BCUT2D eigenvalue weighted by Crippen LogP contribution is 2.25. The van der Waals surface area contributed by atoms with E-state index in [2.05, 4.69) is 6.58 Å². The van der Waals surface area contributed by atoms with E-state index in [0.717, 1.165) is 22.4 Å². The Morgan fingerprint density at radius 3 is 2.10 bits per heavy atom. The average Bonchev–Trinajstić information content (AvgIpc) is 2.94. The van der Waals surface area contributed by atoms with Crippen LogP contribution in [-0.4, -0.2) is 31.1 Å². The van der Waals surface area contributed by atoms with Gasteiger partial charge in [-0.2, -0.15) is 0 Å². The molecule has 4 aromatic carbocycles. The molecule has 198 valence electrons. The van der Waals surface area contributed by atoms with E-state index in [1.807, 2.05) is 43.3 Å². The maximum Gasteiger partial charge on any atom is 0.343 e. The molecule has 0 spiro atoms. The van der Waals surface area contributed by atoms with Gasteiger partial charge in [-0.3, -0.25) is 0 Å². The lowest BCUT2D eigenvalue weighted by molar-refractivity contribution is -0.137. The number of fused-ring (bicyclic) bond motifs is 1. The second-order valence-electron chi connectivity index (χ2n) is 8.87. The van der Waals surface area contributed by atoms with Gasteiger partial charge in [0.15, 0.2) is 0 Å². The molecule has 0 heterocycles. The first-order valence-electron chi connectivity index (χ1n) is 12.4. The van der Waals surface area contributed by atoms with Crippen LogP contribution in [0.4, 0.5) is 0 Å². The van der Waals surface area contributed by atoms with Crippen LogP contribution in [0.3, 0.4) is 0 Å². The van der Waals surface area contributed by atoms with Crippen molar-refractivity contribution in [3.05, 3.63) is 114 Å². The van der Waals surface area contributed by atoms with Crippen molar-refractivity contribution in [1.82, 2.24) is 0 Å². The van der Waals surface area contributed by atoms with Crippen molar-refractivity contribution in [3.8, 4) is 17.2 Å². The minimum absolute atomic E-state index is 0.254. The molecule has 0 saturated heterocycles. The van der Waals surface area contributed by atoms with Gasteiger partial charge in [-0.25, -0.2) is 14.4 Å². The van der Waals surface area contributed by atoms with E-state index in [4.69, 9.17) is 18.9 Å². The van der Waals surface area contributed by atoms with Crippen LogP contribution in [0.1, 0.15) is 38.3 Å². The van der Waals surface area contributed by atoms with Gasteiger partial charge in [0, 0.05) is 12.5 Å². The van der Waals surface area contributed by atoms with Crippen LogP contribution >= 0.6 is 0 Å². The number of benzene rings is 4. The second-order valence-corrected chi connectivity index (χ2v) is 8.87. The summed E-state index contributed by atoms with van der Waals surface area (Å²) >= 11 is 0. The number of aryl methyl sites for hydroxylation is 2. The first-order valence-corrected chi connectivity index (χ1v) is 12.4. The molecule has 4 rings (SSSR count). The summed E-state index contributed by atoms with van der Waals surface area (Å²) in [7, 11) is 0. The van der Waals surface area contributed by atoms with Gasteiger partial charge in [0.05, 0.1) is 24.3 Å². The van der Waals surface area contributed by atoms with Gasteiger partial charge in [-0.15, -0.1) is 0 Å². The predicted molar refractivity (Wildman–Crippen MR) is 147 cm³/mol. The van der Waals surface area contributed by atoms with E-state index < -0.39 is 17.9 Å². The van der Waals surface area contributed by atoms with E-state index in [0.29, 0.717) is 47.0 Å². The normalized spacial score (nSPS) is 10.5. The van der Waals surface area contributed by atoms with Crippen LogP contribution in [0.2, 0.25) is 0 Å². The number of hydrogen-bond acceptors (Lipinski definition) is 7. The standard InChI is InChI=1S/C32H28O7/c1-4-30(33)37-17-5-16-36-28-14-10-23-19-26(9-8-24(23)20-28)32(35)39-29-15-11-25(18-22(29)3)31(34)38-27-12-6-21(2)7-13-27/h4,6-15,18-20H,1,5,16-17H2,2-3H3. The van der Waals surface area contributed by atoms with Gasteiger partial charge >= 0.3 is 17.9 Å².